The van der Waals surface area contributed by atoms with Crippen molar-refractivity contribution >= 4 is 0 Å². The molecular formula is C17H27N3. The predicted octanol–water partition coefficient (Wildman–Crippen LogP) is 2.10. The van der Waals surface area contributed by atoms with Gasteiger partial charge in [-0.15, -0.1) is 0 Å². The number of likely N-dealkylation sites (tertiary alicyclic amines) is 1. The fraction of sp³-hybridized carbons (Fsp3) is 0.647. The minimum absolute atomic E-state index is 0.541. The van der Waals surface area contributed by atoms with Gasteiger partial charge >= 0.3 is 0 Å². The predicted molar refractivity (Wildman–Crippen MR) is 83.7 cm³/mol. The van der Waals surface area contributed by atoms with Crippen LogP contribution >= 0.6 is 0 Å². The second-order valence-electron chi connectivity index (χ2n) is 6.53. The Morgan fingerprint density at radius 2 is 2.00 bits per heavy atom. The molecule has 0 aromatic heterocycles. The van der Waals surface area contributed by atoms with Gasteiger partial charge in [0.1, 0.15) is 0 Å². The third-order valence-electron chi connectivity index (χ3n) is 4.98. The maximum Gasteiger partial charge on any atom is 0.0473 e. The summed E-state index contributed by atoms with van der Waals surface area (Å²) in [6.07, 6.45) is 2.70. The van der Waals surface area contributed by atoms with E-state index in [4.69, 9.17) is 0 Å². The zero-order valence-corrected chi connectivity index (χ0v) is 12.8. The van der Waals surface area contributed by atoms with Crippen molar-refractivity contribution < 1.29 is 0 Å². The SMILES string of the molecule is CN1CCC(CN(C)C2CNCc3ccccc32)CC1. The van der Waals surface area contributed by atoms with Crippen molar-refractivity contribution in [1.82, 2.24) is 15.1 Å². The monoisotopic (exact) mass is 273 g/mol. The molecule has 1 N–H and O–H groups in total. The van der Waals surface area contributed by atoms with E-state index in [2.05, 4.69) is 53.5 Å². The molecule has 1 saturated heterocycles. The van der Waals surface area contributed by atoms with Crippen LogP contribution in [-0.2, 0) is 6.54 Å². The fourth-order valence-corrected chi connectivity index (χ4v) is 3.65. The number of likely N-dealkylation sites (N-methyl/N-ethyl adjacent to an activating group) is 1. The molecule has 1 aromatic rings. The molecule has 3 nitrogen and oxygen atoms in total. The Kier molecular flexibility index (Phi) is 4.39. The van der Waals surface area contributed by atoms with Gasteiger partial charge in [-0.25, -0.2) is 0 Å². The number of piperidine rings is 1. The summed E-state index contributed by atoms with van der Waals surface area (Å²) >= 11 is 0. The van der Waals surface area contributed by atoms with Gasteiger partial charge in [-0.05, 0) is 57.1 Å². The highest BCUT2D eigenvalue weighted by atomic mass is 15.2. The van der Waals surface area contributed by atoms with Gasteiger partial charge in [-0.1, -0.05) is 24.3 Å². The maximum absolute atomic E-state index is 3.57. The average Bonchev–Trinajstić information content (AvgIpc) is 2.49. The number of hydrogen-bond donors (Lipinski definition) is 1. The molecule has 0 spiro atoms. The molecule has 0 amide bonds. The standard InChI is InChI=1S/C17H27N3/c1-19-9-7-14(8-10-19)13-20(2)17-12-18-11-15-5-3-4-6-16(15)17/h3-6,14,17-18H,7-13H2,1-2H3. The smallest absolute Gasteiger partial charge is 0.0473 e. The minimum atomic E-state index is 0.541. The molecule has 0 saturated carbocycles. The summed E-state index contributed by atoms with van der Waals surface area (Å²) in [6, 6.07) is 9.45. The average molecular weight is 273 g/mol. The van der Waals surface area contributed by atoms with Crippen LogP contribution < -0.4 is 5.32 Å². The van der Waals surface area contributed by atoms with Crippen LogP contribution in [0.2, 0.25) is 0 Å². The molecule has 0 radical (unpaired) electrons. The van der Waals surface area contributed by atoms with Crippen LogP contribution in [0.25, 0.3) is 0 Å². The van der Waals surface area contributed by atoms with Crippen molar-refractivity contribution in [2.24, 2.45) is 5.92 Å². The number of fused-ring (bicyclic) bond motifs is 1. The molecular weight excluding hydrogens is 246 g/mol. The summed E-state index contributed by atoms with van der Waals surface area (Å²) in [5.41, 5.74) is 3.00. The number of hydrogen-bond acceptors (Lipinski definition) is 3. The van der Waals surface area contributed by atoms with Gasteiger partial charge < -0.3 is 10.2 Å². The first-order valence-corrected chi connectivity index (χ1v) is 7.91. The molecule has 1 fully saturated rings. The summed E-state index contributed by atoms with van der Waals surface area (Å²) in [5.74, 6) is 0.866. The molecule has 2 aliphatic rings. The van der Waals surface area contributed by atoms with Crippen LogP contribution in [0.1, 0.15) is 30.0 Å². The van der Waals surface area contributed by atoms with E-state index in [1.54, 1.807) is 0 Å². The van der Waals surface area contributed by atoms with Gasteiger partial charge in [0.15, 0.2) is 0 Å². The Labute approximate surface area is 123 Å². The van der Waals surface area contributed by atoms with Gasteiger partial charge in [0.2, 0.25) is 0 Å². The van der Waals surface area contributed by atoms with Crippen LogP contribution in [0.3, 0.4) is 0 Å². The lowest BCUT2D eigenvalue weighted by molar-refractivity contribution is 0.145. The van der Waals surface area contributed by atoms with E-state index in [1.165, 1.54) is 43.6 Å². The quantitative estimate of drug-likeness (QED) is 0.910. The van der Waals surface area contributed by atoms with E-state index in [9.17, 15) is 0 Å². The van der Waals surface area contributed by atoms with Crippen LogP contribution in [0.5, 0.6) is 0 Å². The van der Waals surface area contributed by atoms with Crippen molar-refractivity contribution in [3.63, 3.8) is 0 Å². The van der Waals surface area contributed by atoms with Crippen LogP contribution in [0, 0.1) is 5.92 Å². The molecule has 110 valence electrons. The van der Waals surface area contributed by atoms with Crippen LogP contribution in [0.15, 0.2) is 24.3 Å². The first-order valence-electron chi connectivity index (χ1n) is 7.91. The summed E-state index contributed by atoms with van der Waals surface area (Å²) in [7, 11) is 4.54. The zero-order chi connectivity index (χ0) is 13.9. The molecule has 0 aliphatic carbocycles. The lowest BCUT2D eigenvalue weighted by Crippen LogP contribution is -2.41. The van der Waals surface area contributed by atoms with E-state index < -0.39 is 0 Å². The van der Waals surface area contributed by atoms with Crippen molar-refractivity contribution in [2.45, 2.75) is 25.4 Å². The van der Waals surface area contributed by atoms with Crippen LogP contribution in [-0.4, -0.2) is 50.1 Å². The second-order valence-corrected chi connectivity index (χ2v) is 6.53. The van der Waals surface area contributed by atoms with E-state index in [0.717, 1.165) is 19.0 Å². The Balaban J connectivity index is 1.64. The second kappa shape index (κ2) is 6.25. The Morgan fingerprint density at radius 1 is 1.25 bits per heavy atom. The number of nitrogens with zero attached hydrogens (tertiary/aromatic N) is 2. The first-order chi connectivity index (χ1) is 9.74. The van der Waals surface area contributed by atoms with E-state index in [-0.39, 0.29) is 0 Å². The van der Waals surface area contributed by atoms with E-state index in [0.29, 0.717) is 6.04 Å². The molecule has 0 bridgehead atoms. The normalized spacial score (nSPS) is 24.9. The molecule has 3 rings (SSSR count). The fourth-order valence-electron chi connectivity index (χ4n) is 3.65. The highest BCUT2D eigenvalue weighted by Gasteiger charge is 2.26. The maximum atomic E-state index is 3.57. The minimum Gasteiger partial charge on any atom is -0.311 e. The van der Waals surface area contributed by atoms with E-state index in [1.807, 2.05) is 0 Å². The Morgan fingerprint density at radius 3 is 2.80 bits per heavy atom. The summed E-state index contributed by atoms with van der Waals surface area (Å²) in [6.45, 7) is 5.86. The molecule has 1 atom stereocenters. The Hall–Kier alpha value is -0.900. The lowest BCUT2D eigenvalue weighted by Gasteiger charge is -2.37. The number of benzene rings is 1. The molecule has 1 unspecified atom stereocenters. The van der Waals surface area contributed by atoms with Crippen molar-refractivity contribution in [1.29, 1.82) is 0 Å². The third kappa shape index (κ3) is 3.05. The summed E-state index contributed by atoms with van der Waals surface area (Å²) < 4.78 is 0. The molecule has 2 aliphatic heterocycles. The highest BCUT2D eigenvalue weighted by molar-refractivity contribution is 5.32. The summed E-state index contributed by atoms with van der Waals surface area (Å²) in [4.78, 5) is 5.02. The van der Waals surface area contributed by atoms with Crippen molar-refractivity contribution in [3.8, 4) is 0 Å². The Bertz CT molecular complexity index is 438. The molecule has 2 heterocycles. The topological polar surface area (TPSA) is 18.5 Å². The van der Waals surface area contributed by atoms with Crippen LogP contribution in [0.4, 0.5) is 0 Å². The summed E-state index contributed by atoms with van der Waals surface area (Å²) in [5, 5.41) is 3.57. The van der Waals surface area contributed by atoms with Gasteiger partial charge in [0, 0.05) is 25.7 Å². The van der Waals surface area contributed by atoms with Gasteiger partial charge in [-0.3, -0.25) is 4.90 Å². The molecule has 20 heavy (non-hydrogen) atoms. The largest absolute Gasteiger partial charge is 0.311 e. The lowest BCUT2D eigenvalue weighted by atomic mass is 9.92. The van der Waals surface area contributed by atoms with Crippen molar-refractivity contribution in [3.05, 3.63) is 35.4 Å². The number of rotatable bonds is 3. The molecule has 3 heteroatoms. The molecule has 1 aromatic carbocycles. The third-order valence-corrected chi connectivity index (χ3v) is 4.98. The number of nitrogens with one attached hydrogen (secondary N) is 1. The first kappa shape index (κ1) is 14.1. The van der Waals surface area contributed by atoms with Gasteiger partial charge in [0.05, 0.1) is 0 Å². The highest BCUT2D eigenvalue weighted by Crippen LogP contribution is 2.28. The van der Waals surface area contributed by atoms with Gasteiger partial charge in [0.25, 0.3) is 0 Å². The van der Waals surface area contributed by atoms with Gasteiger partial charge in [-0.2, -0.15) is 0 Å². The van der Waals surface area contributed by atoms with Crippen molar-refractivity contribution in [2.75, 3.05) is 40.3 Å². The van der Waals surface area contributed by atoms with E-state index >= 15 is 0 Å². The zero-order valence-electron chi connectivity index (χ0n) is 12.8.